The molecule has 2 nitrogen and oxygen atoms in total. The Kier molecular flexibility index (Phi) is 3.61. The number of isocyanates is 1. The van der Waals surface area contributed by atoms with Crippen LogP contribution >= 0.6 is 0 Å². The van der Waals surface area contributed by atoms with E-state index in [0.717, 1.165) is 17.7 Å². The molecule has 1 rings (SSSR count). The summed E-state index contributed by atoms with van der Waals surface area (Å²) in [5.41, 5.74) is 3.06. The van der Waals surface area contributed by atoms with E-state index in [-0.39, 0.29) is 0 Å². The van der Waals surface area contributed by atoms with E-state index in [1.54, 1.807) is 6.08 Å². The molecule has 0 fully saturated rings. The van der Waals surface area contributed by atoms with Gasteiger partial charge in [0.15, 0.2) is 0 Å². The van der Waals surface area contributed by atoms with Gasteiger partial charge in [0.25, 0.3) is 0 Å². The molecule has 0 aliphatic carbocycles. The second-order valence-electron chi connectivity index (χ2n) is 3.60. The fourth-order valence-corrected chi connectivity index (χ4v) is 1.39. The molecule has 14 heavy (non-hydrogen) atoms. The molecular weight excluding hydrogens is 174 g/mol. The molecule has 0 unspecified atom stereocenters. The van der Waals surface area contributed by atoms with Gasteiger partial charge in [-0.15, -0.1) is 0 Å². The minimum atomic E-state index is 0.460. The summed E-state index contributed by atoms with van der Waals surface area (Å²) < 4.78 is 0. The van der Waals surface area contributed by atoms with Gasteiger partial charge in [-0.05, 0) is 29.5 Å². The van der Waals surface area contributed by atoms with Crippen LogP contribution in [0.2, 0.25) is 0 Å². The molecular formula is C12H15NO. The molecule has 1 aromatic rings. The van der Waals surface area contributed by atoms with E-state index < -0.39 is 0 Å². The lowest BCUT2D eigenvalue weighted by molar-refractivity contribution is 0.565. The molecule has 0 aliphatic rings. The van der Waals surface area contributed by atoms with E-state index in [0.29, 0.717) is 5.92 Å². The van der Waals surface area contributed by atoms with Gasteiger partial charge in [-0.25, -0.2) is 4.79 Å². The normalized spacial score (nSPS) is 10.0. The molecule has 0 amide bonds. The van der Waals surface area contributed by atoms with E-state index in [1.165, 1.54) is 5.56 Å². The van der Waals surface area contributed by atoms with Crippen molar-refractivity contribution in [1.82, 2.24) is 0 Å². The Labute approximate surface area is 84.7 Å². The second-order valence-corrected chi connectivity index (χ2v) is 3.60. The highest BCUT2D eigenvalue weighted by atomic mass is 16.1. The van der Waals surface area contributed by atoms with Crippen LogP contribution in [-0.2, 0) is 11.2 Å². The lowest BCUT2D eigenvalue weighted by atomic mass is 9.99. The van der Waals surface area contributed by atoms with Crippen LogP contribution in [0.3, 0.4) is 0 Å². The number of carbonyl (C=O) groups excluding carboxylic acids is 1. The predicted molar refractivity (Wildman–Crippen MR) is 57.7 cm³/mol. The average molecular weight is 189 g/mol. The SMILES string of the molecule is CCc1ccc(C(C)C)cc1N=C=O. The Morgan fingerprint density at radius 1 is 1.43 bits per heavy atom. The highest BCUT2D eigenvalue weighted by molar-refractivity contribution is 5.55. The van der Waals surface area contributed by atoms with Crippen molar-refractivity contribution in [3.05, 3.63) is 29.3 Å². The van der Waals surface area contributed by atoms with Crippen molar-refractivity contribution in [2.45, 2.75) is 33.1 Å². The summed E-state index contributed by atoms with van der Waals surface area (Å²) in [6, 6.07) is 6.09. The van der Waals surface area contributed by atoms with Gasteiger partial charge < -0.3 is 0 Å². The molecule has 0 heterocycles. The van der Waals surface area contributed by atoms with Gasteiger partial charge >= 0.3 is 0 Å². The van der Waals surface area contributed by atoms with E-state index in [4.69, 9.17) is 0 Å². The summed E-state index contributed by atoms with van der Waals surface area (Å²) in [6.07, 6.45) is 2.49. The summed E-state index contributed by atoms with van der Waals surface area (Å²) in [6.45, 7) is 6.29. The smallest absolute Gasteiger partial charge is 0.211 e. The van der Waals surface area contributed by atoms with E-state index >= 15 is 0 Å². The molecule has 74 valence electrons. The summed E-state index contributed by atoms with van der Waals surface area (Å²) >= 11 is 0. The molecule has 0 radical (unpaired) electrons. The third kappa shape index (κ3) is 2.30. The molecule has 1 aromatic carbocycles. The van der Waals surface area contributed by atoms with Crippen molar-refractivity contribution in [1.29, 1.82) is 0 Å². The van der Waals surface area contributed by atoms with E-state index in [9.17, 15) is 4.79 Å². The topological polar surface area (TPSA) is 29.4 Å². The maximum Gasteiger partial charge on any atom is 0.240 e. The van der Waals surface area contributed by atoms with Crippen LogP contribution in [0.25, 0.3) is 0 Å². The Hall–Kier alpha value is -1.40. The van der Waals surface area contributed by atoms with Gasteiger partial charge in [-0.1, -0.05) is 32.9 Å². The lowest BCUT2D eigenvalue weighted by Crippen LogP contribution is -1.89. The Morgan fingerprint density at radius 2 is 2.14 bits per heavy atom. The van der Waals surface area contributed by atoms with E-state index in [2.05, 4.69) is 24.9 Å². The zero-order valence-corrected chi connectivity index (χ0v) is 8.87. The van der Waals surface area contributed by atoms with E-state index in [1.807, 2.05) is 19.1 Å². The third-order valence-electron chi connectivity index (χ3n) is 2.32. The molecule has 0 saturated carbocycles. The van der Waals surface area contributed by atoms with Crippen LogP contribution in [0.4, 0.5) is 5.69 Å². The van der Waals surface area contributed by atoms with Crippen LogP contribution in [0.15, 0.2) is 23.2 Å². The van der Waals surface area contributed by atoms with Crippen molar-refractivity contribution >= 4 is 11.8 Å². The van der Waals surface area contributed by atoms with Gasteiger partial charge in [0.1, 0.15) is 0 Å². The fourth-order valence-electron chi connectivity index (χ4n) is 1.39. The summed E-state index contributed by atoms with van der Waals surface area (Å²) in [5, 5.41) is 0. The Balaban J connectivity index is 3.20. The number of nitrogens with zero attached hydrogens (tertiary/aromatic N) is 1. The van der Waals surface area contributed by atoms with Crippen molar-refractivity contribution < 1.29 is 4.79 Å². The molecule has 0 aromatic heterocycles. The highest BCUT2D eigenvalue weighted by Gasteiger charge is 2.04. The minimum Gasteiger partial charge on any atom is -0.211 e. The number of hydrogen-bond acceptors (Lipinski definition) is 2. The Bertz CT molecular complexity index is 363. The summed E-state index contributed by atoms with van der Waals surface area (Å²) in [4.78, 5) is 13.9. The molecule has 0 saturated heterocycles. The number of aryl methyl sites for hydroxylation is 1. The van der Waals surface area contributed by atoms with Crippen LogP contribution in [0.1, 0.15) is 37.8 Å². The predicted octanol–water partition coefficient (Wildman–Crippen LogP) is 3.34. The lowest BCUT2D eigenvalue weighted by Gasteiger charge is -2.08. The molecule has 0 N–H and O–H groups in total. The zero-order valence-electron chi connectivity index (χ0n) is 8.87. The number of hydrogen-bond donors (Lipinski definition) is 0. The monoisotopic (exact) mass is 189 g/mol. The highest BCUT2D eigenvalue weighted by Crippen LogP contribution is 2.25. The summed E-state index contributed by atoms with van der Waals surface area (Å²) in [5.74, 6) is 0.460. The second kappa shape index (κ2) is 4.73. The fraction of sp³-hybridized carbons (Fsp3) is 0.417. The van der Waals surface area contributed by atoms with Crippen LogP contribution < -0.4 is 0 Å². The van der Waals surface area contributed by atoms with Crippen LogP contribution in [-0.4, -0.2) is 6.08 Å². The first-order chi connectivity index (χ1) is 6.69. The van der Waals surface area contributed by atoms with Crippen LogP contribution in [0.5, 0.6) is 0 Å². The maximum atomic E-state index is 10.2. The van der Waals surface area contributed by atoms with Gasteiger partial charge in [0, 0.05) is 0 Å². The molecule has 0 bridgehead atoms. The van der Waals surface area contributed by atoms with Gasteiger partial charge in [0.2, 0.25) is 6.08 Å². The quantitative estimate of drug-likeness (QED) is 0.529. The van der Waals surface area contributed by atoms with Crippen molar-refractivity contribution in [3.63, 3.8) is 0 Å². The van der Waals surface area contributed by atoms with Gasteiger partial charge in [-0.3, -0.25) is 0 Å². The van der Waals surface area contributed by atoms with Crippen molar-refractivity contribution in [3.8, 4) is 0 Å². The standard InChI is InChI=1S/C12H15NO/c1-4-10-5-6-11(9(2)3)7-12(10)13-8-14/h5-7,9H,4H2,1-3H3. The minimum absolute atomic E-state index is 0.460. The Morgan fingerprint density at radius 3 is 2.64 bits per heavy atom. The third-order valence-corrected chi connectivity index (χ3v) is 2.32. The molecule has 0 aliphatic heterocycles. The number of rotatable bonds is 3. The summed E-state index contributed by atoms with van der Waals surface area (Å²) in [7, 11) is 0. The average Bonchev–Trinajstić information content (AvgIpc) is 2.18. The van der Waals surface area contributed by atoms with Crippen molar-refractivity contribution in [2.75, 3.05) is 0 Å². The zero-order chi connectivity index (χ0) is 10.6. The first kappa shape index (κ1) is 10.7. The first-order valence-corrected chi connectivity index (χ1v) is 4.89. The largest absolute Gasteiger partial charge is 0.240 e. The van der Waals surface area contributed by atoms with Crippen LogP contribution in [0, 0.1) is 0 Å². The number of benzene rings is 1. The van der Waals surface area contributed by atoms with Crippen molar-refractivity contribution in [2.24, 2.45) is 4.99 Å². The maximum absolute atomic E-state index is 10.2. The molecule has 0 atom stereocenters. The number of aliphatic imine (C=N–C) groups is 1. The first-order valence-electron chi connectivity index (χ1n) is 4.89. The van der Waals surface area contributed by atoms with Gasteiger partial charge in [0.05, 0.1) is 5.69 Å². The molecule has 0 spiro atoms. The van der Waals surface area contributed by atoms with Gasteiger partial charge in [-0.2, -0.15) is 4.99 Å². The molecule has 2 heteroatoms.